The zero-order valence-electron chi connectivity index (χ0n) is 13.6. The molecule has 6 heteroatoms. The average Bonchev–Trinajstić information content (AvgIpc) is 2.68. The van der Waals surface area contributed by atoms with Crippen LogP contribution in [0.1, 0.15) is 28.8 Å². The van der Waals surface area contributed by atoms with Gasteiger partial charge < -0.3 is 14.5 Å². The average molecular weight is 327 g/mol. The largest absolute Gasteiger partial charge is 0.378 e. The Kier molecular flexibility index (Phi) is 5.11. The van der Waals surface area contributed by atoms with E-state index in [1.165, 1.54) is 0 Å². The SMILES string of the molecule is N#Cc1ccc(C(=O)N2CCC(C(=O)N3CCOCC3)CC2)cc1. The fourth-order valence-electron chi connectivity index (χ4n) is 3.24. The number of hydrogen-bond acceptors (Lipinski definition) is 4. The van der Waals surface area contributed by atoms with Gasteiger partial charge in [-0.1, -0.05) is 0 Å². The van der Waals surface area contributed by atoms with Crippen LogP contribution in [0.4, 0.5) is 0 Å². The number of nitriles is 1. The molecule has 2 fully saturated rings. The molecule has 0 unspecified atom stereocenters. The predicted molar refractivity (Wildman–Crippen MR) is 87.2 cm³/mol. The first-order valence-electron chi connectivity index (χ1n) is 8.35. The first-order chi connectivity index (χ1) is 11.7. The van der Waals surface area contributed by atoms with Crippen molar-refractivity contribution >= 4 is 11.8 Å². The highest BCUT2D eigenvalue weighted by Gasteiger charge is 2.31. The van der Waals surface area contributed by atoms with Crippen molar-refractivity contribution in [3.63, 3.8) is 0 Å². The lowest BCUT2D eigenvalue weighted by Gasteiger charge is -2.35. The van der Waals surface area contributed by atoms with E-state index in [0.29, 0.717) is 63.4 Å². The number of piperidine rings is 1. The highest BCUT2D eigenvalue weighted by molar-refractivity contribution is 5.94. The van der Waals surface area contributed by atoms with E-state index in [1.807, 2.05) is 11.0 Å². The molecule has 2 aliphatic rings. The van der Waals surface area contributed by atoms with Crippen LogP contribution in [0.2, 0.25) is 0 Å². The van der Waals surface area contributed by atoms with Crippen LogP contribution in [0.15, 0.2) is 24.3 Å². The Morgan fingerprint density at radius 3 is 2.21 bits per heavy atom. The van der Waals surface area contributed by atoms with Crippen molar-refractivity contribution in [1.29, 1.82) is 5.26 Å². The normalized spacial score (nSPS) is 19.0. The number of morpholine rings is 1. The molecule has 2 aliphatic heterocycles. The first-order valence-corrected chi connectivity index (χ1v) is 8.35. The van der Waals surface area contributed by atoms with Crippen molar-refractivity contribution in [2.45, 2.75) is 12.8 Å². The molecule has 24 heavy (non-hydrogen) atoms. The van der Waals surface area contributed by atoms with Crippen molar-refractivity contribution in [1.82, 2.24) is 9.80 Å². The number of carbonyl (C=O) groups is 2. The highest BCUT2D eigenvalue weighted by atomic mass is 16.5. The number of likely N-dealkylation sites (tertiary alicyclic amines) is 1. The minimum atomic E-state index is -0.0308. The van der Waals surface area contributed by atoms with Crippen molar-refractivity contribution in [3.05, 3.63) is 35.4 Å². The van der Waals surface area contributed by atoms with Gasteiger partial charge in [-0.15, -0.1) is 0 Å². The van der Waals surface area contributed by atoms with Gasteiger partial charge in [-0.05, 0) is 37.1 Å². The second-order valence-electron chi connectivity index (χ2n) is 6.19. The first kappa shape index (κ1) is 16.5. The van der Waals surface area contributed by atoms with Gasteiger partial charge in [0.1, 0.15) is 0 Å². The van der Waals surface area contributed by atoms with Crippen molar-refractivity contribution in [2.75, 3.05) is 39.4 Å². The summed E-state index contributed by atoms with van der Waals surface area (Å²) in [6, 6.07) is 8.73. The van der Waals surface area contributed by atoms with E-state index in [4.69, 9.17) is 10.00 Å². The Bertz CT molecular complexity index is 636. The monoisotopic (exact) mass is 327 g/mol. The molecular formula is C18H21N3O3. The summed E-state index contributed by atoms with van der Waals surface area (Å²) in [5.74, 6) is 0.175. The van der Waals surface area contributed by atoms with Crippen LogP contribution < -0.4 is 0 Å². The summed E-state index contributed by atoms with van der Waals surface area (Å²) in [6.07, 6.45) is 1.41. The van der Waals surface area contributed by atoms with E-state index < -0.39 is 0 Å². The number of nitrogens with zero attached hydrogens (tertiary/aromatic N) is 3. The lowest BCUT2D eigenvalue weighted by atomic mass is 9.94. The number of amides is 2. The Hall–Kier alpha value is -2.39. The molecule has 2 amide bonds. The van der Waals surface area contributed by atoms with E-state index in [-0.39, 0.29) is 17.7 Å². The maximum absolute atomic E-state index is 12.5. The predicted octanol–water partition coefficient (Wildman–Crippen LogP) is 1.27. The topological polar surface area (TPSA) is 73.6 Å². The molecule has 0 spiro atoms. The maximum Gasteiger partial charge on any atom is 0.253 e. The van der Waals surface area contributed by atoms with Crippen molar-refractivity contribution < 1.29 is 14.3 Å². The van der Waals surface area contributed by atoms with Gasteiger partial charge in [0, 0.05) is 37.7 Å². The highest BCUT2D eigenvalue weighted by Crippen LogP contribution is 2.22. The Morgan fingerprint density at radius 2 is 1.62 bits per heavy atom. The zero-order chi connectivity index (χ0) is 16.9. The minimum absolute atomic E-state index is 0.00751. The number of hydrogen-bond donors (Lipinski definition) is 0. The summed E-state index contributed by atoms with van der Waals surface area (Å²) in [4.78, 5) is 28.7. The maximum atomic E-state index is 12.5. The van der Waals surface area contributed by atoms with Crippen molar-refractivity contribution in [3.8, 4) is 6.07 Å². The molecule has 1 aromatic rings. The van der Waals surface area contributed by atoms with Gasteiger partial charge in [0.25, 0.3) is 5.91 Å². The second-order valence-corrected chi connectivity index (χ2v) is 6.19. The van der Waals surface area contributed by atoms with Crippen LogP contribution in [0.5, 0.6) is 0 Å². The van der Waals surface area contributed by atoms with E-state index in [9.17, 15) is 9.59 Å². The van der Waals surface area contributed by atoms with Gasteiger partial charge in [-0.2, -0.15) is 5.26 Å². The third kappa shape index (κ3) is 3.57. The molecule has 0 radical (unpaired) electrons. The third-order valence-electron chi connectivity index (χ3n) is 4.72. The van der Waals surface area contributed by atoms with E-state index in [2.05, 4.69) is 0 Å². The van der Waals surface area contributed by atoms with Gasteiger partial charge in [0.2, 0.25) is 5.91 Å². The van der Waals surface area contributed by atoms with Crippen LogP contribution in [0.3, 0.4) is 0 Å². The second kappa shape index (κ2) is 7.45. The lowest BCUT2D eigenvalue weighted by molar-refractivity contribution is -0.141. The smallest absolute Gasteiger partial charge is 0.253 e. The Balaban J connectivity index is 1.55. The van der Waals surface area contributed by atoms with E-state index in [0.717, 1.165) is 0 Å². The molecule has 2 heterocycles. The van der Waals surface area contributed by atoms with Gasteiger partial charge in [-0.25, -0.2) is 0 Å². The fourth-order valence-corrected chi connectivity index (χ4v) is 3.24. The molecule has 6 nitrogen and oxygen atoms in total. The standard InChI is InChI=1S/C18H21N3O3/c19-13-14-1-3-15(4-2-14)17(22)20-7-5-16(6-8-20)18(23)21-9-11-24-12-10-21/h1-4,16H,5-12H2. The summed E-state index contributed by atoms with van der Waals surface area (Å²) in [5.41, 5.74) is 1.13. The number of rotatable bonds is 2. The van der Waals surface area contributed by atoms with Gasteiger partial charge in [0.15, 0.2) is 0 Å². The van der Waals surface area contributed by atoms with Crippen molar-refractivity contribution in [2.24, 2.45) is 5.92 Å². The quantitative estimate of drug-likeness (QED) is 0.820. The fraction of sp³-hybridized carbons (Fsp3) is 0.500. The number of carbonyl (C=O) groups excluding carboxylic acids is 2. The van der Waals surface area contributed by atoms with E-state index in [1.54, 1.807) is 29.2 Å². The molecular weight excluding hydrogens is 306 g/mol. The zero-order valence-corrected chi connectivity index (χ0v) is 13.6. The molecule has 126 valence electrons. The van der Waals surface area contributed by atoms with E-state index >= 15 is 0 Å². The third-order valence-corrected chi connectivity index (χ3v) is 4.72. The Labute approximate surface area is 141 Å². The summed E-state index contributed by atoms with van der Waals surface area (Å²) in [5, 5.41) is 8.82. The van der Waals surface area contributed by atoms with Crippen LogP contribution in [-0.2, 0) is 9.53 Å². The van der Waals surface area contributed by atoms with Crippen LogP contribution in [0, 0.1) is 17.2 Å². The molecule has 0 bridgehead atoms. The van der Waals surface area contributed by atoms with Gasteiger partial charge in [0.05, 0.1) is 24.8 Å². The van der Waals surface area contributed by atoms with Crippen LogP contribution in [0.25, 0.3) is 0 Å². The number of benzene rings is 1. The Morgan fingerprint density at radius 1 is 1.00 bits per heavy atom. The summed E-state index contributed by atoms with van der Waals surface area (Å²) >= 11 is 0. The molecule has 0 atom stereocenters. The summed E-state index contributed by atoms with van der Waals surface area (Å²) in [7, 11) is 0. The molecule has 0 N–H and O–H groups in total. The minimum Gasteiger partial charge on any atom is -0.378 e. The van der Waals surface area contributed by atoms with Gasteiger partial charge in [-0.3, -0.25) is 9.59 Å². The molecule has 0 saturated carbocycles. The van der Waals surface area contributed by atoms with Crippen LogP contribution >= 0.6 is 0 Å². The summed E-state index contributed by atoms with van der Waals surface area (Å²) < 4.78 is 5.28. The summed E-state index contributed by atoms with van der Waals surface area (Å²) in [6.45, 7) is 3.76. The molecule has 1 aromatic carbocycles. The van der Waals surface area contributed by atoms with Crippen LogP contribution in [-0.4, -0.2) is 61.0 Å². The molecule has 3 rings (SSSR count). The lowest BCUT2D eigenvalue weighted by Crippen LogP contribution is -2.47. The van der Waals surface area contributed by atoms with Gasteiger partial charge >= 0.3 is 0 Å². The number of ether oxygens (including phenoxy) is 1. The molecule has 0 aliphatic carbocycles. The molecule has 0 aromatic heterocycles. The molecule has 2 saturated heterocycles.